The predicted molar refractivity (Wildman–Crippen MR) is 83.5 cm³/mol. The first-order valence-electron chi connectivity index (χ1n) is 6.85. The van der Waals surface area contributed by atoms with Crippen LogP contribution in [0.4, 0.5) is 0 Å². The maximum Gasteiger partial charge on any atom is 0.172 e. The number of aldehydes is 1. The molecule has 0 saturated heterocycles. The van der Waals surface area contributed by atoms with Crippen molar-refractivity contribution in [2.75, 3.05) is 7.11 Å². The molecule has 3 rings (SSSR count). The maximum absolute atomic E-state index is 11.3. The molecule has 0 aliphatic heterocycles. The summed E-state index contributed by atoms with van der Waals surface area (Å²) in [6.07, 6.45) is 0.716. The minimum atomic E-state index is 0.301. The van der Waals surface area contributed by atoms with Crippen molar-refractivity contribution in [1.29, 1.82) is 0 Å². The highest BCUT2D eigenvalue weighted by Gasteiger charge is 2.16. The molecule has 1 aromatic heterocycles. The minimum Gasteiger partial charge on any atom is -0.497 e. The van der Waals surface area contributed by atoms with Crippen molar-refractivity contribution in [3.8, 4) is 22.7 Å². The summed E-state index contributed by atoms with van der Waals surface area (Å²) in [6, 6.07) is 15.4. The summed E-state index contributed by atoms with van der Waals surface area (Å²) in [7, 11) is 1.61. The van der Waals surface area contributed by atoms with E-state index in [1.807, 2.05) is 55.5 Å². The van der Waals surface area contributed by atoms with Crippen molar-refractivity contribution < 1.29 is 9.53 Å². The summed E-state index contributed by atoms with van der Waals surface area (Å²) in [6.45, 7) is 2.01. The lowest BCUT2D eigenvalue weighted by Gasteiger charge is -2.09. The second kappa shape index (κ2) is 5.81. The van der Waals surface area contributed by atoms with Gasteiger partial charge in [-0.2, -0.15) is 0 Å². The monoisotopic (exact) mass is 293 g/mol. The van der Waals surface area contributed by atoms with Crippen molar-refractivity contribution in [3.63, 3.8) is 0 Å². The van der Waals surface area contributed by atoms with E-state index in [1.165, 1.54) is 0 Å². The molecule has 0 aliphatic rings. The zero-order chi connectivity index (χ0) is 15.5. The SMILES string of the molecule is COc1cccc(-c2c(C=O)nnn2-c2cccc(C)c2)c1. The summed E-state index contributed by atoms with van der Waals surface area (Å²) in [5, 5.41) is 8.10. The van der Waals surface area contributed by atoms with Crippen LogP contribution in [0.5, 0.6) is 5.75 Å². The largest absolute Gasteiger partial charge is 0.497 e. The normalized spacial score (nSPS) is 10.5. The summed E-state index contributed by atoms with van der Waals surface area (Å²) < 4.78 is 6.92. The van der Waals surface area contributed by atoms with E-state index in [0.717, 1.165) is 16.8 Å². The summed E-state index contributed by atoms with van der Waals surface area (Å²) in [4.78, 5) is 11.3. The minimum absolute atomic E-state index is 0.301. The van der Waals surface area contributed by atoms with E-state index in [4.69, 9.17) is 4.74 Å². The van der Waals surface area contributed by atoms with Gasteiger partial charge in [-0.3, -0.25) is 4.79 Å². The van der Waals surface area contributed by atoms with E-state index < -0.39 is 0 Å². The van der Waals surface area contributed by atoms with Gasteiger partial charge in [-0.05, 0) is 36.8 Å². The zero-order valence-electron chi connectivity index (χ0n) is 12.4. The Morgan fingerprint density at radius 2 is 1.95 bits per heavy atom. The lowest BCUT2D eigenvalue weighted by Crippen LogP contribution is -2.00. The molecule has 1 heterocycles. The fourth-order valence-electron chi connectivity index (χ4n) is 2.35. The van der Waals surface area contributed by atoms with Crippen molar-refractivity contribution in [3.05, 3.63) is 59.8 Å². The first kappa shape index (κ1) is 14.0. The van der Waals surface area contributed by atoms with Gasteiger partial charge in [0, 0.05) is 5.56 Å². The molecule has 0 bridgehead atoms. The molecular weight excluding hydrogens is 278 g/mol. The van der Waals surface area contributed by atoms with Gasteiger partial charge in [0.15, 0.2) is 12.0 Å². The molecule has 3 aromatic rings. The molecule has 0 unspecified atom stereocenters. The molecule has 0 radical (unpaired) electrons. The molecule has 0 amide bonds. The summed E-state index contributed by atoms with van der Waals surface area (Å²) in [5.41, 5.74) is 3.75. The van der Waals surface area contributed by atoms with E-state index in [0.29, 0.717) is 23.4 Å². The third kappa shape index (κ3) is 2.48. The molecule has 0 aliphatic carbocycles. The second-order valence-corrected chi connectivity index (χ2v) is 4.92. The summed E-state index contributed by atoms with van der Waals surface area (Å²) in [5.74, 6) is 0.714. The first-order chi connectivity index (χ1) is 10.7. The Kier molecular flexibility index (Phi) is 3.70. The van der Waals surface area contributed by atoms with Gasteiger partial charge in [-0.25, -0.2) is 4.68 Å². The fraction of sp³-hybridized carbons (Fsp3) is 0.118. The van der Waals surface area contributed by atoms with Gasteiger partial charge in [0.1, 0.15) is 11.4 Å². The number of hydrogen-bond donors (Lipinski definition) is 0. The number of methoxy groups -OCH3 is 1. The molecule has 0 N–H and O–H groups in total. The Labute approximate surface area is 128 Å². The van der Waals surface area contributed by atoms with Crippen LogP contribution >= 0.6 is 0 Å². The van der Waals surface area contributed by atoms with Crippen molar-refractivity contribution >= 4 is 6.29 Å². The van der Waals surface area contributed by atoms with Gasteiger partial charge >= 0.3 is 0 Å². The van der Waals surface area contributed by atoms with Crippen LogP contribution in [0, 0.1) is 6.92 Å². The number of aromatic nitrogens is 3. The number of ether oxygens (including phenoxy) is 1. The lowest BCUT2D eigenvalue weighted by molar-refractivity contribution is 0.111. The van der Waals surface area contributed by atoms with Gasteiger partial charge in [0.2, 0.25) is 0 Å². The van der Waals surface area contributed by atoms with Gasteiger partial charge in [0.05, 0.1) is 12.8 Å². The quantitative estimate of drug-likeness (QED) is 0.694. The molecule has 2 aromatic carbocycles. The molecular formula is C17H15N3O2. The number of carbonyl (C=O) groups is 1. The molecule has 5 heteroatoms. The topological polar surface area (TPSA) is 57.0 Å². The Bertz CT molecular complexity index is 824. The maximum atomic E-state index is 11.3. The number of carbonyl (C=O) groups excluding carboxylic acids is 1. The third-order valence-electron chi connectivity index (χ3n) is 3.40. The molecule has 0 fully saturated rings. The van der Waals surface area contributed by atoms with Gasteiger partial charge in [-0.1, -0.05) is 29.5 Å². The van der Waals surface area contributed by atoms with Crippen molar-refractivity contribution in [2.24, 2.45) is 0 Å². The number of nitrogens with zero attached hydrogens (tertiary/aromatic N) is 3. The highest BCUT2D eigenvalue weighted by molar-refractivity contribution is 5.84. The van der Waals surface area contributed by atoms with Crippen molar-refractivity contribution in [1.82, 2.24) is 15.0 Å². The molecule has 0 spiro atoms. The Hall–Kier alpha value is -2.95. The van der Waals surface area contributed by atoms with E-state index in [2.05, 4.69) is 10.3 Å². The number of aryl methyl sites for hydroxylation is 1. The van der Waals surface area contributed by atoms with E-state index in [1.54, 1.807) is 11.8 Å². The molecule has 110 valence electrons. The number of rotatable bonds is 4. The average Bonchev–Trinajstić information content (AvgIpc) is 2.99. The van der Waals surface area contributed by atoms with Gasteiger partial charge < -0.3 is 4.74 Å². The highest BCUT2D eigenvalue weighted by atomic mass is 16.5. The third-order valence-corrected chi connectivity index (χ3v) is 3.40. The van der Waals surface area contributed by atoms with E-state index in [9.17, 15) is 4.79 Å². The van der Waals surface area contributed by atoms with Gasteiger partial charge in [0.25, 0.3) is 0 Å². The lowest BCUT2D eigenvalue weighted by atomic mass is 10.1. The highest BCUT2D eigenvalue weighted by Crippen LogP contribution is 2.27. The van der Waals surface area contributed by atoms with Crippen molar-refractivity contribution in [2.45, 2.75) is 6.92 Å². The zero-order valence-corrected chi connectivity index (χ0v) is 12.4. The molecule has 5 nitrogen and oxygen atoms in total. The fourth-order valence-corrected chi connectivity index (χ4v) is 2.35. The van der Waals surface area contributed by atoms with Crippen LogP contribution in [0.3, 0.4) is 0 Å². The van der Waals surface area contributed by atoms with Crippen LogP contribution in [0.25, 0.3) is 16.9 Å². The molecule has 0 atom stereocenters. The Morgan fingerprint density at radius 1 is 1.14 bits per heavy atom. The second-order valence-electron chi connectivity index (χ2n) is 4.92. The smallest absolute Gasteiger partial charge is 0.172 e. The molecule has 22 heavy (non-hydrogen) atoms. The predicted octanol–water partition coefficient (Wildman–Crippen LogP) is 3.06. The van der Waals surface area contributed by atoms with Crippen LogP contribution in [0.2, 0.25) is 0 Å². The average molecular weight is 293 g/mol. The van der Waals surface area contributed by atoms with Crippen LogP contribution < -0.4 is 4.74 Å². The van der Waals surface area contributed by atoms with Crippen LogP contribution in [-0.4, -0.2) is 28.4 Å². The molecule has 0 saturated carbocycles. The first-order valence-corrected chi connectivity index (χ1v) is 6.85. The van der Waals surface area contributed by atoms with Crippen LogP contribution in [0.1, 0.15) is 16.1 Å². The Balaban J connectivity index is 2.21. The summed E-state index contributed by atoms with van der Waals surface area (Å²) >= 11 is 0. The number of benzene rings is 2. The van der Waals surface area contributed by atoms with Gasteiger partial charge in [-0.15, -0.1) is 5.10 Å². The number of hydrogen-bond acceptors (Lipinski definition) is 4. The van der Waals surface area contributed by atoms with E-state index in [-0.39, 0.29) is 0 Å². The van der Waals surface area contributed by atoms with E-state index >= 15 is 0 Å². The van der Waals surface area contributed by atoms with Crippen LogP contribution in [0.15, 0.2) is 48.5 Å². The van der Waals surface area contributed by atoms with Crippen LogP contribution in [-0.2, 0) is 0 Å². The Morgan fingerprint density at radius 3 is 2.68 bits per heavy atom. The standard InChI is InChI=1S/C17H15N3O2/c1-12-5-3-7-14(9-12)20-17(16(11-21)18-19-20)13-6-4-8-15(10-13)22-2/h3-11H,1-2H3.